The van der Waals surface area contributed by atoms with Crippen molar-refractivity contribution in [3.8, 4) is 0 Å². The molecule has 3 rings (SSSR count). The molecule has 1 heterocycles. The van der Waals surface area contributed by atoms with Crippen molar-refractivity contribution in [2.24, 2.45) is 0 Å². The summed E-state index contributed by atoms with van der Waals surface area (Å²) in [5.41, 5.74) is -0.937. The number of carbonyl (C=O) groups is 2. The summed E-state index contributed by atoms with van der Waals surface area (Å²) in [6, 6.07) is 9.67. The van der Waals surface area contributed by atoms with Crippen LogP contribution in [0, 0.1) is 5.82 Å². The highest BCUT2D eigenvalue weighted by Crippen LogP contribution is 2.43. The second-order valence-corrected chi connectivity index (χ2v) is 5.93. The van der Waals surface area contributed by atoms with Crippen molar-refractivity contribution in [2.75, 3.05) is 11.9 Å². The largest absolute Gasteiger partial charge is 0.375 e. The van der Waals surface area contributed by atoms with Crippen LogP contribution in [0.25, 0.3) is 0 Å². The molecule has 6 heteroatoms. The molecule has 1 aliphatic heterocycles. The minimum atomic E-state index is -1.97. The number of likely N-dealkylation sites (N-methyl/N-ethyl adjacent to an activating group) is 1. The second kappa shape index (κ2) is 5.44. The van der Waals surface area contributed by atoms with Crippen molar-refractivity contribution < 1.29 is 19.1 Å². The molecule has 0 aliphatic carbocycles. The number of benzene rings is 2. The molecule has 0 aromatic heterocycles. The van der Waals surface area contributed by atoms with Crippen LogP contribution in [0.2, 0.25) is 5.02 Å². The molecular weight excluding hydrogens is 321 g/mol. The Bertz CT molecular complexity index is 806. The minimum absolute atomic E-state index is 0.228. The summed E-state index contributed by atoms with van der Waals surface area (Å²) < 4.78 is 12.9. The third kappa shape index (κ3) is 2.52. The van der Waals surface area contributed by atoms with Gasteiger partial charge in [-0.3, -0.25) is 9.59 Å². The van der Waals surface area contributed by atoms with E-state index in [4.69, 9.17) is 11.6 Å². The van der Waals surface area contributed by atoms with Crippen LogP contribution in [0.4, 0.5) is 10.1 Å². The van der Waals surface area contributed by atoms with E-state index in [2.05, 4.69) is 0 Å². The molecule has 1 atom stereocenters. The number of aliphatic hydroxyl groups is 1. The highest BCUT2D eigenvalue weighted by Gasteiger charge is 2.49. The summed E-state index contributed by atoms with van der Waals surface area (Å²) >= 11 is 5.95. The van der Waals surface area contributed by atoms with Crippen LogP contribution in [0.1, 0.15) is 22.3 Å². The fraction of sp³-hybridized carbons (Fsp3) is 0.176. The average Bonchev–Trinajstić information content (AvgIpc) is 2.70. The van der Waals surface area contributed by atoms with Gasteiger partial charge < -0.3 is 10.0 Å². The van der Waals surface area contributed by atoms with E-state index >= 15 is 0 Å². The lowest BCUT2D eigenvalue weighted by Gasteiger charge is -2.21. The predicted molar refractivity (Wildman–Crippen MR) is 84.1 cm³/mol. The Morgan fingerprint density at radius 3 is 2.57 bits per heavy atom. The van der Waals surface area contributed by atoms with E-state index in [9.17, 15) is 19.1 Å². The molecule has 0 bridgehead atoms. The first kappa shape index (κ1) is 15.6. The van der Waals surface area contributed by atoms with E-state index in [1.54, 1.807) is 12.1 Å². The SMILES string of the molecule is CN1C(=O)[C@@](O)(CC(=O)c2ccc(F)cc2)c2cc(Cl)ccc21. The third-order valence-electron chi connectivity index (χ3n) is 4.01. The quantitative estimate of drug-likeness (QED) is 0.879. The average molecular weight is 334 g/mol. The van der Waals surface area contributed by atoms with Crippen LogP contribution >= 0.6 is 11.6 Å². The molecule has 0 saturated carbocycles. The molecular formula is C17H13ClFNO3. The van der Waals surface area contributed by atoms with Crippen LogP contribution in [-0.2, 0) is 10.4 Å². The predicted octanol–water partition coefficient (Wildman–Crippen LogP) is 2.92. The van der Waals surface area contributed by atoms with Gasteiger partial charge in [-0.2, -0.15) is 0 Å². The van der Waals surface area contributed by atoms with Crippen molar-refractivity contribution in [1.82, 2.24) is 0 Å². The fourth-order valence-corrected chi connectivity index (χ4v) is 2.95. The lowest BCUT2D eigenvalue weighted by molar-refractivity contribution is -0.135. The summed E-state index contributed by atoms with van der Waals surface area (Å²) in [7, 11) is 1.52. The Labute approximate surface area is 137 Å². The summed E-state index contributed by atoms with van der Waals surface area (Å²) in [5, 5.41) is 11.2. The minimum Gasteiger partial charge on any atom is -0.375 e. The molecule has 0 unspecified atom stereocenters. The number of halogens is 2. The molecule has 2 aromatic carbocycles. The van der Waals surface area contributed by atoms with Crippen molar-refractivity contribution in [1.29, 1.82) is 0 Å². The number of hydrogen-bond acceptors (Lipinski definition) is 3. The van der Waals surface area contributed by atoms with Gasteiger partial charge in [0.25, 0.3) is 5.91 Å². The van der Waals surface area contributed by atoms with Gasteiger partial charge in [0.2, 0.25) is 0 Å². The van der Waals surface area contributed by atoms with E-state index in [1.807, 2.05) is 0 Å². The van der Waals surface area contributed by atoms with Gasteiger partial charge in [0.1, 0.15) is 5.82 Å². The number of carbonyl (C=O) groups excluding carboxylic acids is 2. The van der Waals surface area contributed by atoms with E-state index < -0.39 is 29.5 Å². The zero-order valence-corrected chi connectivity index (χ0v) is 13.0. The van der Waals surface area contributed by atoms with Gasteiger partial charge in [0.15, 0.2) is 11.4 Å². The maximum atomic E-state index is 12.9. The molecule has 118 valence electrons. The van der Waals surface area contributed by atoms with Crippen LogP contribution in [-0.4, -0.2) is 23.8 Å². The summed E-state index contributed by atoms with van der Waals surface area (Å²) in [5.74, 6) is -1.51. The third-order valence-corrected chi connectivity index (χ3v) is 4.24. The number of hydrogen-bond donors (Lipinski definition) is 1. The van der Waals surface area contributed by atoms with Crippen molar-refractivity contribution in [3.05, 3.63) is 64.4 Å². The molecule has 0 fully saturated rings. The molecule has 4 nitrogen and oxygen atoms in total. The Kier molecular flexibility index (Phi) is 3.70. The summed E-state index contributed by atoms with van der Waals surface area (Å²) in [6.07, 6.45) is -0.435. The lowest BCUT2D eigenvalue weighted by atomic mass is 9.88. The van der Waals surface area contributed by atoms with E-state index in [0.717, 1.165) is 12.1 Å². The first-order valence-electron chi connectivity index (χ1n) is 6.92. The van der Waals surface area contributed by atoms with Gasteiger partial charge in [0, 0.05) is 23.2 Å². The van der Waals surface area contributed by atoms with Crippen molar-refractivity contribution in [2.45, 2.75) is 12.0 Å². The van der Waals surface area contributed by atoms with Gasteiger partial charge in [-0.1, -0.05) is 11.6 Å². The van der Waals surface area contributed by atoms with Gasteiger partial charge in [-0.15, -0.1) is 0 Å². The zero-order chi connectivity index (χ0) is 16.8. The van der Waals surface area contributed by atoms with Gasteiger partial charge in [0.05, 0.1) is 12.1 Å². The standard InChI is InChI=1S/C17H13ClFNO3/c1-20-14-7-4-11(18)8-13(14)17(23,16(20)22)9-15(21)10-2-5-12(19)6-3-10/h2-8,23H,9H2,1H3/t17-/m1/s1. The Morgan fingerprint density at radius 2 is 1.91 bits per heavy atom. The summed E-state index contributed by atoms with van der Waals surface area (Å²) in [4.78, 5) is 26.1. The van der Waals surface area contributed by atoms with E-state index in [-0.39, 0.29) is 5.56 Å². The molecule has 1 N–H and O–H groups in total. The van der Waals surface area contributed by atoms with E-state index in [1.165, 1.54) is 30.1 Å². The van der Waals surface area contributed by atoms with Gasteiger partial charge in [-0.25, -0.2) is 4.39 Å². The molecule has 0 spiro atoms. The van der Waals surface area contributed by atoms with Gasteiger partial charge in [-0.05, 0) is 42.5 Å². The number of anilines is 1. The highest BCUT2D eigenvalue weighted by molar-refractivity contribution is 6.31. The first-order valence-corrected chi connectivity index (χ1v) is 7.30. The molecule has 2 aromatic rings. The van der Waals surface area contributed by atoms with Crippen LogP contribution in [0.3, 0.4) is 0 Å². The topological polar surface area (TPSA) is 57.6 Å². The smallest absolute Gasteiger partial charge is 0.263 e. The number of rotatable bonds is 3. The lowest BCUT2D eigenvalue weighted by Crippen LogP contribution is -2.40. The number of fused-ring (bicyclic) bond motifs is 1. The van der Waals surface area contributed by atoms with Crippen molar-refractivity contribution >= 4 is 29.0 Å². The van der Waals surface area contributed by atoms with Crippen LogP contribution in [0.5, 0.6) is 0 Å². The monoisotopic (exact) mass is 333 g/mol. The molecule has 1 aliphatic rings. The van der Waals surface area contributed by atoms with Crippen molar-refractivity contribution in [3.63, 3.8) is 0 Å². The molecule has 1 amide bonds. The number of amides is 1. The fourth-order valence-electron chi connectivity index (χ4n) is 2.78. The molecule has 0 radical (unpaired) electrons. The Balaban J connectivity index is 1.98. The normalized spacial score (nSPS) is 19.8. The van der Waals surface area contributed by atoms with Gasteiger partial charge >= 0.3 is 0 Å². The Morgan fingerprint density at radius 1 is 1.26 bits per heavy atom. The zero-order valence-electron chi connectivity index (χ0n) is 12.2. The second-order valence-electron chi connectivity index (χ2n) is 5.49. The number of Topliss-reactive ketones (excluding diaryl/α,β-unsaturated/α-hetero) is 1. The first-order chi connectivity index (χ1) is 10.8. The summed E-state index contributed by atoms with van der Waals surface area (Å²) in [6.45, 7) is 0. The number of ketones is 1. The maximum Gasteiger partial charge on any atom is 0.263 e. The van der Waals surface area contributed by atoms with Crippen LogP contribution in [0.15, 0.2) is 42.5 Å². The number of nitrogens with zero attached hydrogens (tertiary/aromatic N) is 1. The van der Waals surface area contributed by atoms with E-state index in [0.29, 0.717) is 16.3 Å². The molecule has 23 heavy (non-hydrogen) atoms. The maximum absolute atomic E-state index is 12.9. The highest BCUT2D eigenvalue weighted by atomic mass is 35.5. The molecule has 0 saturated heterocycles. The van der Waals surface area contributed by atoms with Crippen LogP contribution < -0.4 is 4.90 Å². The Hall–Kier alpha value is -2.24.